The molecule has 0 aliphatic heterocycles. The molecule has 3 N–H and O–H groups in total. The molecule has 1 aliphatic carbocycles. The Hall–Kier alpha value is -0.570. The summed E-state index contributed by atoms with van der Waals surface area (Å²) in [6.07, 6.45) is 3.14. The molecule has 0 aromatic rings. The molecule has 0 aromatic carbocycles. The second-order valence-corrected chi connectivity index (χ2v) is 4.72. The summed E-state index contributed by atoms with van der Waals surface area (Å²) < 4.78 is 0. The Morgan fingerprint density at radius 3 is 2.64 bits per heavy atom. The minimum atomic E-state index is 0.126. The quantitative estimate of drug-likeness (QED) is 0.702. The first kappa shape index (κ1) is 11.5. The molecule has 14 heavy (non-hydrogen) atoms. The number of hydrogen-bond donors (Lipinski definition) is 2. The van der Waals surface area contributed by atoms with Crippen LogP contribution in [0.3, 0.4) is 0 Å². The highest BCUT2D eigenvalue weighted by Crippen LogP contribution is 2.28. The second kappa shape index (κ2) is 4.78. The average Bonchev–Trinajstić information content (AvgIpc) is 2.08. The fraction of sp³-hybridized carbons (Fsp3) is 0.909. The van der Waals surface area contributed by atoms with Crippen molar-refractivity contribution in [2.24, 2.45) is 17.6 Å². The highest BCUT2D eigenvalue weighted by Gasteiger charge is 2.32. The average molecular weight is 198 g/mol. The molecule has 82 valence electrons. The molecule has 3 heteroatoms. The van der Waals surface area contributed by atoms with Gasteiger partial charge in [-0.3, -0.25) is 4.79 Å². The Labute approximate surface area is 86.4 Å². The molecule has 0 radical (unpaired) electrons. The first-order valence-corrected chi connectivity index (χ1v) is 5.58. The van der Waals surface area contributed by atoms with Crippen molar-refractivity contribution in [3.05, 3.63) is 0 Å². The van der Waals surface area contributed by atoms with Crippen molar-refractivity contribution in [2.45, 2.75) is 52.1 Å². The predicted octanol–water partition coefficient (Wildman–Crippen LogP) is 1.27. The highest BCUT2D eigenvalue weighted by molar-refractivity contribution is 5.79. The minimum absolute atomic E-state index is 0.126. The number of amides is 1. The normalized spacial score (nSPS) is 33.1. The molecule has 3 unspecified atom stereocenters. The van der Waals surface area contributed by atoms with Crippen LogP contribution in [0.4, 0.5) is 0 Å². The van der Waals surface area contributed by atoms with Crippen molar-refractivity contribution in [3.63, 3.8) is 0 Å². The lowest BCUT2D eigenvalue weighted by atomic mass is 9.77. The van der Waals surface area contributed by atoms with Gasteiger partial charge >= 0.3 is 0 Å². The third-order valence-corrected chi connectivity index (χ3v) is 3.13. The molecular formula is C11H22N2O. The molecule has 1 fully saturated rings. The molecule has 0 saturated heterocycles. The van der Waals surface area contributed by atoms with E-state index in [0.29, 0.717) is 5.92 Å². The summed E-state index contributed by atoms with van der Waals surface area (Å²) in [5.74, 6) is 0.631. The van der Waals surface area contributed by atoms with E-state index < -0.39 is 0 Å². The number of rotatable bonds is 2. The molecule has 3 nitrogen and oxygen atoms in total. The minimum Gasteiger partial charge on any atom is -0.354 e. The summed E-state index contributed by atoms with van der Waals surface area (Å²) >= 11 is 0. The van der Waals surface area contributed by atoms with Gasteiger partial charge in [0.05, 0.1) is 0 Å². The molecule has 0 aromatic heterocycles. The third-order valence-electron chi connectivity index (χ3n) is 3.13. The number of carbonyl (C=O) groups is 1. The van der Waals surface area contributed by atoms with E-state index in [4.69, 9.17) is 5.73 Å². The van der Waals surface area contributed by atoms with E-state index in [-0.39, 0.29) is 23.9 Å². The summed E-state index contributed by atoms with van der Waals surface area (Å²) in [5, 5.41) is 2.97. The maximum absolute atomic E-state index is 11.8. The molecule has 3 atom stereocenters. The molecule has 0 heterocycles. The van der Waals surface area contributed by atoms with Crippen LogP contribution < -0.4 is 11.1 Å². The maximum atomic E-state index is 11.8. The van der Waals surface area contributed by atoms with Gasteiger partial charge in [0.1, 0.15) is 0 Å². The van der Waals surface area contributed by atoms with Crippen LogP contribution in [0.2, 0.25) is 0 Å². The second-order valence-electron chi connectivity index (χ2n) is 4.72. The van der Waals surface area contributed by atoms with E-state index in [9.17, 15) is 4.79 Å². The van der Waals surface area contributed by atoms with Crippen LogP contribution >= 0.6 is 0 Å². The topological polar surface area (TPSA) is 55.1 Å². The van der Waals surface area contributed by atoms with Gasteiger partial charge in [0.2, 0.25) is 5.91 Å². The maximum Gasteiger partial charge on any atom is 0.223 e. The Balaban J connectivity index is 2.53. The summed E-state index contributed by atoms with van der Waals surface area (Å²) in [4.78, 5) is 11.8. The van der Waals surface area contributed by atoms with Crippen molar-refractivity contribution < 1.29 is 4.79 Å². The standard InChI is InChI=1S/C11H22N2O/c1-7(2)13-11(14)9-5-4-6-10(12)8(9)3/h7-10H,4-6,12H2,1-3H3,(H,13,14). The molecule has 0 bridgehead atoms. The zero-order valence-corrected chi connectivity index (χ0v) is 9.42. The summed E-state index contributed by atoms with van der Waals surface area (Å²) in [6.45, 7) is 6.07. The largest absolute Gasteiger partial charge is 0.354 e. The predicted molar refractivity (Wildman–Crippen MR) is 57.8 cm³/mol. The monoisotopic (exact) mass is 198 g/mol. The van der Waals surface area contributed by atoms with Gasteiger partial charge in [-0.05, 0) is 32.6 Å². The number of carbonyl (C=O) groups excluding carboxylic acids is 1. The van der Waals surface area contributed by atoms with Crippen LogP contribution in [0, 0.1) is 11.8 Å². The Bertz CT molecular complexity index is 203. The summed E-state index contributed by atoms with van der Waals surface area (Å²) in [5.41, 5.74) is 5.96. The van der Waals surface area contributed by atoms with Crippen LogP contribution in [0.15, 0.2) is 0 Å². The van der Waals surface area contributed by atoms with Gasteiger partial charge in [0, 0.05) is 18.0 Å². The van der Waals surface area contributed by atoms with Gasteiger partial charge in [0.15, 0.2) is 0 Å². The molecule has 1 aliphatic rings. The lowest BCUT2D eigenvalue weighted by molar-refractivity contribution is -0.128. The molecule has 1 amide bonds. The van der Waals surface area contributed by atoms with Crippen molar-refractivity contribution in [1.29, 1.82) is 0 Å². The Morgan fingerprint density at radius 2 is 2.07 bits per heavy atom. The van der Waals surface area contributed by atoms with E-state index in [1.807, 2.05) is 13.8 Å². The lowest BCUT2D eigenvalue weighted by Crippen LogP contribution is -2.45. The van der Waals surface area contributed by atoms with E-state index in [1.165, 1.54) is 0 Å². The fourth-order valence-corrected chi connectivity index (χ4v) is 2.16. The molecule has 1 saturated carbocycles. The van der Waals surface area contributed by atoms with Crippen LogP contribution in [0.5, 0.6) is 0 Å². The van der Waals surface area contributed by atoms with Crippen LogP contribution in [0.1, 0.15) is 40.0 Å². The van der Waals surface area contributed by atoms with Gasteiger partial charge in [0.25, 0.3) is 0 Å². The first-order valence-electron chi connectivity index (χ1n) is 5.58. The van der Waals surface area contributed by atoms with E-state index >= 15 is 0 Å². The zero-order valence-electron chi connectivity index (χ0n) is 9.42. The van der Waals surface area contributed by atoms with Crippen molar-refractivity contribution in [3.8, 4) is 0 Å². The molecule has 1 rings (SSSR count). The van der Waals surface area contributed by atoms with Gasteiger partial charge in [-0.1, -0.05) is 13.3 Å². The van der Waals surface area contributed by atoms with E-state index in [2.05, 4.69) is 12.2 Å². The van der Waals surface area contributed by atoms with Gasteiger partial charge in [-0.25, -0.2) is 0 Å². The first-order chi connectivity index (χ1) is 6.52. The van der Waals surface area contributed by atoms with Gasteiger partial charge in [-0.15, -0.1) is 0 Å². The van der Waals surface area contributed by atoms with E-state index in [0.717, 1.165) is 19.3 Å². The fourth-order valence-electron chi connectivity index (χ4n) is 2.16. The van der Waals surface area contributed by atoms with Crippen LogP contribution in [0.25, 0.3) is 0 Å². The third kappa shape index (κ3) is 2.71. The smallest absolute Gasteiger partial charge is 0.223 e. The lowest BCUT2D eigenvalue weighted by Gasteiger charge is -2.33. The Kier molecular flexibility index (Phi) is 3.93. The van der Waals surface area contributed by atoms with E-state index in [1.54, 1.807) is 0 Å². The summed E-state index contributed by atoms with van der Waals surface area (Å²) in [6, 6.07) is 0.430. The van der Waals surface area contributed by atoms with Gasteiger partial charge < -0.3 is 11.1 Å². The van der Waals surface area contributed by atoms with Crippen LogP contribution in [-0.4, -0.2) is 18.0 Å². The SMILES string of the molecule is CC(C)NC(=O)C1CCCC(N)C1C. The Morgan fingerprint density at radius 1 is 1.43 bits per heavy atom. The number of nitrogens with two attached hydrogens (primary N) is 1. The molecular weight excluding hydrogens is 176 g/mol. The molecule has 0 spiro atoms. The van der Waals surface area contributed by atoms with Crippen molar-refractivity contribution in [2.75, 3.05) is 0 Å². The summed E-state index contributed by atoms with van der Waals surface area (Å²) in [7, 11) is 0. The van der Waals surface area contributed by atoms with Crippen molar-refractivity contribution in [1.82, 2.24) is 5.32 Å². The zero-order chi connectivity index (χ0) is 10.7. The number of nitrogens with one attached hydrogen (secondary N) is 1. The van der Waals surface area contributed by atoms with Crippen molar-refractivity contribution >= 4 is 5.91 Å². The van der Waals surface area contributed by atoms with Gasteiger partial charge in [-0.2, -0.15) is 0 Å². The highest BCUT2D eigenvalue weighted by atomic mass is 16.1. The number of hydrogen-bond acceptors (Lipinski definition) is 2. The van der Waals surface area contributed by atoms with Crippen LogP contribution in [-0.2, 0) is 4.79 Å².